The zero-order valence-electron chi connectivity index (χ0n) is 9.93. The number of hydrogen-bond donors (Lipinski definition) is 1. The maximum Gasteiger partial charge on any atom is 0.0540 e. The molecule has 80 valence electrons. The van der Waals surface area contributed by atoms with Gasteiger partial charge in [-0.3, -0.25) is 0 Å². The molecule has 0 amide bonds. The fourth-order valence-electron chi connectivity index (χ4n) is 1.27. The van der Waals surface area contributed by atoms with E-state index in [0.29, 0.717) is 11.3 Å². The van der Waals surface area contributed by atoms with Crippen molar-refractivity contribution >= 4 is 0 Å². The third-order valence-corrected chi connectivity index (χ3v) is 2.30. The molecule has 1 atom stereocenters. The Balaban J connectivity index is 3.46. The Morgan fingerprint density at radius 2 is 1.54 bits per heavy atom. The summed E-state index contributed by atoms with van der Waals surface area (Å²) < 4.78 is 0. The Morgan fingerprint density at radius 3 is 1.92 bits per heavy atom. The molecule has 0 radical (unpaired) electrons. The van der Waals surface area contributed by atoms with Gasteiger partial charge in [0.15, 0.2) is 0 Å². The van der Waals surface area contributed by atoms with Crippen LogP contribution >= 0.6 is 0 Å². The third-order valence-electron chi connectivity index (χ3n) is 2.30. The highest BCUT2D eigenvalue weighted by atomic mass is 16.3. The lowest BCUT2D eigenvalue weighted by molar-refractivity contribution is 0.130. The minimum atomic E-state index is -0.0818. The molecule has 0 aliphatic carbocycles. The molecule has 0 saturated heterocycles. The second-order valence-corrected chi connectivity index (χ2v) is 5.72. The van der Waals surface area contributed by atoms with Gasteiger partial charge in [0.05, 0.1) is 6.10 Å². The van der Waals surface area contributed by atoms with E-state index in [2.05, 4.69) is 34.6 Å². The van der Waals surface area contributed by atoms with Gasteiger partial charge >= 0.3 is 0 Å². The largest absolute Gasteiger partial charge is 0.393 e. The molecule has 13 heavy (non-hydrogen) atoms. The zero-order chi connectivity index (χ0) is 10.5. The van der Waals surface area contributed by atoms with Gasteiger partial charge in [0.25, 0.3) is 0 Å². The molecule has 0 saturated carbocycles. The van der Waals surface area contributed by atoms with E-state index in [1.165, 1.54) is 0 Å². The summed E-state index contributed by atoms with van der Waals surface area (Å²) in [6.07, 6.45) is 4.10. The minimum absolute atomic E-state index is 0.0818. The SMILES string of the molecule is CC(C)CCC(O)CCC(C)(C)C. The van der Waals surface area contributed by atoms with Gasteiger partial charge in [-0.15, -0.1) is 0 Å². The van der Waals surface area contributed by atoms with Crippen LogP contribution in [-0.4, -0.2) is 11.2 Å². The first-order valence-corrected chi connectivity index (χ1v) is 5.49. The van der Waals surface area contributed by atoms with E-state index < -0.39 is 0 Å². The summed E-state index contributed by atoms with van der Waals surface area (Å²) in [6.45, 7) is 11.1. The third kappa shape index (κ3) is 9.88. The average Bonchev–Trinajstić information content (AvgIpc) is 1.95. The van der Waals surface area contributed by atoms with Crippen LogP contribution in [0.25, 0.3) is 0 Å². The minimum Gasteiger partial charge on any atom is -0.393 e. The topological polar surface area (TPSA) is 20.2 Å². The van der Waals surface area contributed by atoms with E-state index in [4.69, 9.17) is 0 Å². The van der Waals surface area contributed by atoms with Crippen LogP contribution in [0.4, 0.5) is 0 Å². The normalized spacial score (nSPS) is 15.0. The van der Waals surface area contributed by atoms with Crippen LogP contribution in [-0.2, 0) is 0 Å². The lowest BCUT2D eigenvalue weighted by atomic mass is 9.88. The Kier molecular flexibility index (Phi) is 5.62. The maximum atomic E-state index is 9.66. The van der Waals surface area contributed by atoms with Crippen molar-refractivity contribution in [2.24, 2.45) is 11.3 Å². The Hall–Kier alpha value is -0.0400. The molecule has 0 aromatic rings. The molecular weight excluding hydrogens is 160 g/mol. The fourth-order valence-corrected chi connectivity index (χ4v) is 1.27. The molecule has 0 aliphatic rings. The van der Waals surface area contributed by atoms with E-state index in [0.717, 1.165) is 25.7 Å². The highest BCUT2D eigenvalue weighted by molar-refractivity contribution is 4.65. The molecule has 0 rings (SSSR count). The fraction of sp³-hybridized carbons (Fsp3) is 1.00. The second kappa shape index (κ2) is 5.64. The van der Waals surface area contributed by atoms with Crippen LogP contribution in [0.15, 0.2) is 0 Å². The molecule has 0 heterocycles. The summed E-state index contributed by atoms with van der Waals surface area (Å²) in [4.78, 5) is 0. The van der Waals surface area contributed by atoms with Gasteiger partial charge in [-0.1, -0.05) is 34.6 Å². The van der Waals surface area contributed by atoms with Crippen LogP contribution in [0.2, 0.25) is 0 Å². The van der Waals surface area contributed by atoms with Gasteiger partial charge in [0.2, 0.25) is 0 Å². The predicted molar refractivity (Wildman–Crippen MR) is 58.8 cm³/mol. The van der Waals surface area contributed by atoms with Crippen molar-refractivity contribution < 1.29 is 5.11 Å². The Labute approximate surface area is 83.5 Å². The van der Waals surface area contributed by atoms with Crippen molar-refractivity contribution in [2.45, 2.75) is 66.4 Å². The Bertz CT molecular complexity index is 122. The van der Waals surface area contributed by atoms with E-state index in [1.807, 2.05) is 0 Å². The van der Waals surface area contributed by atoms with Gasteiger partial charge in [-0.05, 0) is 37.0 Å². The Morgan fingerprint density at radius 1 is 1.00 bits per heavy atom. The first-order valence-electron chi connectivity index (χ1n) is 5.49. The molecule has 1 heteroatoms. The van der Waals surface area contributed by atoms with Crippen LogP contribution in [0.5, 0.6) is 0 Å². The molecule has 0 fully saturated rings. The molecule has 0 bridgehead atoms. The summed E-state index contributed by atoms with van der Waals surface area (Å²) in [5.41, 5.74) is 0.360. The van der Waals surface area contributed by atoms with Crippen LogP contribution < -0.4 is 0 Å². The first-order chi connectivity index (χ1) is 5.81. The van der Waals surface area contributed by atoms with Gasteiger partial charge in [0, 0.05) is 0 Å². The summed E-state index contributed by atoms with van der Waals surface area (Å²) >= 11 is 0. The van der Waals surface area contributed by atoms with Gasteiger partial charge in [-0.2, -0.15) is 0 Å². The summed E-state index contributed by atoms with van der Waals surface area (Å²) in [6, 6.07) is 0. The average molecular weight is 186 g/mol. The van der Waals surface area contributed by atoms with Crippen molar-refractivity contribution in [1.82, 2.24) is 0 Å². The van der Waals surface area contributed by atoms with E-state index in [9.17, 15) is 5.11 Å². The molecule has 1 N–H and O–H groups in total. The number of hydrogen-bond acceptors (Lipinski definition) is 1. The van der Waals surface area contributed by atoms with E-state index in [-0.39, 0.29) is 6.10 Å². The van der Waals surface area contributed by atoms with E-state index >= 15 is 0 Å². The van der Waals surface area contributed by atoms with Crippen LogP contribution in [0.3, 0.4) is 0 Å². The van der Waals surface area contributed by atoms with Crippen molar-refractivity contribution in [2.75, 3.05) is 0 Å². The van der Waals surface area contributed by atoms with E-state index in [1.54, 1.807) is 0 Å². The summed E-state index contributed by atoms with van der Waals surface area (Å²) in [5, 5.41) is 9.66. The number of aliphatic hydroxyl groups excluding tert-OH is 1. The van der Waals surface area contributed by atoms with Crippen molar-refractivity contribution in [3.63, 3.8) is 0 Å². The monoisotopic (exact) mass is 186 g/mol. The standard InChI is InChI=1S/C12H26O/c1-10(2)6-7-11(13)8-9-12(3,4)5/h10-11,13H,6-9H2,1-5H3. The number of aliphatic hydroxyl groups is 1. The molecule has 0 spiro atoms. The maximum absolute atomic E-state index is 9.66. The lowest BCUT2D eigenvalue weighted by Crippen LogP contribution is -2.13. The van der Waals surface area contributed by atoms with Crippen molar-refractivity contribution in [1.29, 1.82) is 0 Å². The van der Waals surface area contributed by atoms with Gasteiger partial charge in [0.1, 0.15) is 0 Å². The van der Waals surface area contributed by atoms with Crippen molar-refractivity contribution in [3.8, 4) is 0 Å². The van der Waals surface area contributed by atoms with Gasteiger partial charge < -0.3 is 5.11 Å². The molecule has 0 aliphatic heterocycles. The molecular formula is C12H26O. The molecule has 1 unspecified atom stereocenters. The molecule has 0 aromatic carbocycles. The second-order valence-electron chi connectivity index (χ2n) is 5.72. The van der Waals surface area contributed by atoms with Crippen LogP contribution in [0, 0.1) is 11.3 Å². The van der Waals surface area contributed by atoms with Gasteiger partial charge in [-0.25, -0.2) is 0 Å². The number of rotatable bonds is 5. The summed E-state index contributed by atoms with van der Waals surface area (Å²) in [7, 11) is 0. The predicted octanol–water partition coefficient (Wildman–Crippen LogP) is 3.61. The van der Waals surface area contributed by atoms with Crippen molar-refractivity contribution in [3.05, 3.63) is 0 Å². The summed E-state index contributed by atoms with van der Waals surface area (Å²) in [5.74, 6) is 0.712. The lowest BCUT2D eigenvalue weighted by Gasteiger charge is -2.20. The highest BCUT2D eigenvalue weighted by Crippen LogP contribution is 2.23. The first kappa shape index (κ1) is 13.0. The molecule has 0 aromatic heterocycles. The highest BCUT2D eigenvalue weighted by Gasteiger charge is 2.13. The van der Waals surface area contributed by atoms with Crippen LogP contribution in [0.1, 0.15) is 60.3 Å². The smallest absolute Gasteiger partial charge is 0.0540 e. The zero-order valence-corrected chi connectivity index (χ0v) is 9.93. The quantitative estimate of drug-likeness (QED) is 0.695. The molecule has 1 nitrogen and oxygen atoms in total.